The zero-order valence-corrected chi connectivity index (χ0v) is 15.2. The summed E-state index contributed by atoms with van der Waals surface area (Å²) in [6.07, 6.45) is 0.234. The minimum Gasteiger partial charge on any atom is -0.508 e. The van der Waals surface area contributed by atoms with Crippen LogP contribution < -0.4 is 0 Å². The van der Waals surface area contributed by atoms with Gasteiger partial charge in [0.2, 0.25) is 0 Å². The van der Waals surface area contributed by atoms with Crippen LogP contribution in [0.15, 0.2) is 54.9 Å². The molecule has 0 atom stereocenters. The van der Waals surface area contributed by atoms with E-state index in [0.29, 0.717) is 30.2 Å². The lowest BCUT2D eigenvalue weighted by atomic mass is 9.99. The van der Waals surface area contributed by atoms with Gasteiger partial charge in [0.05, 0.1) is 17.2 Å². The first kappa shape index (κ1) is 20.0. The van der Waals surface area contributed by atoms with E-state index in [2.05, 4.69) is 23.0 Å². The van der Waals surface area contributed by atoms with Crippen molar-refractivity contribution in [1.82, 2.24) is 9.78 Å². The third kappa shape index (κ3) is 5.18. The van der Waals surface area contributed by atoms with Gasteiger partial charge in [-0.1, -0.05) is 11.8 Å². The highest BCUT2D eigenvalue weighted by atomic mass is 19.4. The number of rotatable bonds is 4. The molecule has 0 saturated heterocycles. The molecule has 3 rings (SSSR count). The zero-order valence-electron chi connectivity index (χ0n) is 15.2. The quantitative estimate of drug-likeness (QED) is 0.661. The Hall–Kier alpha value is -3.71. The van der Waals surface area contributed by atoms with Gasteiger partial charge in [-0.15, -0.1) is 0 Å². The van der Waals surface area contributed by atoms with Crippen molar-refractivity contribution in [1.29, 1.82) is 5.26 Å². The zero-order chi connectivity index (χ0) is 20.9. The molecule has 0 spiro atoms. The Morgan fingerprint density at radius 1 is 1.07 bits per heavy atom. The van der Waals surface area contributed by atoms with E-state index in [1.165, 1.54) is 6.07 Å². The molecule has 146 valence electrons. The number of halogens is 3. The van der Waals surface area contributed by atoms with Crippen molar-refractivity contribution in [3.8, 4) is 23.7 Å². The summed E-state index contributed by atoms with van der Waals surface area (Å²) in [5.74, 6) is 4.88. The highest BCUT2D eigenvalue weighted by Gasteiger charge is 2.33. The molecule has 7 heteroatoms. The maximum absolute atomic E-state index is 13.2. The number of nitriles is 1. The van der Waals surface area contributed by atoms with Crippen LogP contribution in [0.2, 0.25) is 0 Å². The molecule has 4 nitrogen and oxygen atoms in total. The summed E-state index contributed by atoms with van der Waals surface area (Å²) in [5, 5.41) is 22.6. The van der Waals surface area contributed by atoms with Crippen molar-refractivity contribution in [2.24, 2.45) is 0 Å². The Balaban J connectivity index is 1.89. The number of aromatic nitrogens is 2. The second-order valence-electron chi connectivity index (χ2n) is 6.33. The number of alkyl halides is 3. The summed E-state index contributed by atoms with van der Waals surface area (Å²) in [4.78, 5) is 0. The topological polar surface area (TPSA) is 61.8 Å². The molecular formula is C22H16F3N3O. The Kier molecular flexibility index (Phi) is 5.90. The minimum absolute atomic E-state index is 0.220. The lowest BCUT2D eigenvalue weighted by Crippen LogP contribution is -2.07. The van der Waals surface area contributed by atoms with Crippen molar-refractivity contribution >= 4 is 0 Å². The van der Waals surface area contributed by atoms with E-state index in [1.807, 2.05) is 12.3 Å². The number of nitrogens with zero attached hydrogens (tertiary/aromatic N) is 3. The second kappa shape index (κ2) is 8.53. The molecule has 0 fully saturated rings. The van der Waals surface area contributed by atoms with E-state index in [9.17, 15) is 18.3 Å². The smallest absolute Gasteiger partial charge is 0.417 e. The van der Waals surface area contributed by atoms with Crippen molar-refractivity contribution < 1.29 is 18.3 Å². The van der Waals surface area contributed by atoms with Gasteiger partial charge in [0.25, 0.3) is 0 Å². The van der Waals surface area contributed by atoms with Crippen LogP contribution in [0, 0.1) is 23.2 Å². The molecule has 0 aliphatic heterocycles. The fourth-order valence-corrected chi connectivity index (χ4v) is 2.87. The minimum atomic E-state index is -4.62. The first-order valence-corrected chi connectivity index (χ1v) is 8.79. The molecule has 1 N–H and O–H groups in total. The summed E-state index contributed by atoms with van der Waals surface area (Å²) in [6, 6.07) is 11.8. The van der Waals surface area contributed by atoms with E-state index in [4.69, 9.17) is 5.26 Å². The van der Waals surface area contributed by atoms with Crippen molar-refractivity contribution in [2.45, 2.75) is 25.6 Å². The molecule has 0 saturated carbocycles. The molecule has 0 bridgehead atoms. The predicted octanol–water partition coefficient (Wildman–Crippen LogP) is 4.51. The Labute approximate surface area is 165 Å². The number of benzene rings is 2. The predicted molar refractivity (Wildman–Crippen MR) is 101 cm³/mol. The van der Waals surface area contributed by atoms with Gasteiger partial charge in [-0.2, -0.15) is 23.5 Å². The maximum Gasteiger partial charge on any atom is 0.417 e. The van der Waals surface area contributed by atoms with Crippen LogP contribution in [-0.2, 0) is 19.1 Å². The average Bonchev–Trinajstić information content (AvgIpc) is 3.20. The van der Waals surface area contributed by atoms with Crippen LogP contribution in [0.25, 0.3) is 0 Å². The van der Waals surface area contributed by atoms with Crippen molar-refractivity contribution in [3.63, 3.8) is 0 Å². The normalized spacial score (nSPS) is 10.8. The Morgan fingerprint density at radius 2 is 1.83 bits per heavy atom. The molecule has 1 aromatic heterocycles. The van der Waals surface area contributed by atoms with E-state index in [-0.39, 0.29) is 5.56 Å². The fraction of sp³-hybridized carbons (Fsp3) is 0.182. The van der Waals surface area contributed by atoms with Gasteiger partial charge < -0.3 is 5.11 Å². The molecule has 0 aliphatic carbocycles. The molecule has 0 radical (unpaired) electrons. The summed E-state index contributed by atoms with van der Waals surface area (Å²) in [5.41, 5.74) is 0.605. The molecular weight excluding hydrogens is 379 g/mol. The lowest BCUT2D eigenvalue weighted by Gasteiger charge is -2.09. The molecule has 2 aromatic carbocycles. The third-order valence-corrected chi connectivity index (χ3v) is 4.27. The molecule has 0 amide bonds. The highest BCUT2D eigenvalue weighted by molar-refractivity contribution is 5.53. The summed E-state index contributed by atoms with van der Waals surface area (Å²) in [6.45, 7) is 0.673. The summed E-state index contributed by atoms with van der Waals surface area (Å²) in [7, 11) is 0. The van der Waals surface area contributed by atoms with Gasteiger partial charge in [-0.25, -0.2) is 0 Å². The first-order chi connectivity index (χ1) is 13.9. The number of hydrogen-bond acceptors (Lipinski definition) is 3. The third-order valence-electron chi connectivity index (χ3n) is 4.27. The lowest BCUT2D eigenvalue weighted by molar-refractivity contribution is -0.137. The van der Waals surface area contributed by atoms with Crippen LogP contribution in [0.5, 0.6) is 5.75 Å². The van der Waals surface area contributed by atoms with E-state index < -0.39 is 17.5 Å². The molecule has 0 unspecified atom stereocenters. The highest BCUT2D eigenvalue weighted by Crippen LogP contribution is 2.33. The molecule has 1 heterocycles. The Morgan fingerprint density at radius 3 is 2.52 bits per heavy atom. The van der Waals surface area contributed by atoms with Crippen LogP contribution in [0.4, 0.5) is 13.2 Å². The summed E-state index contributed by atoms with van der Waals surface area (Å²) >= 11 is 0. The largest absolute Gasteiger partial charge is 0.508 e. The number of aryl methyl sites for hydroxylation is 2. The van der Waals surface area contributed by atoms with Crippen LogP contribution >= 0.6 is 0 Å². The number of phenols is 1. The maximum atomic E-state index is 13.2. The SMILES string of the molecule is N#Cc1ccc(C#Cc2ccc(O)cc2C(F)(F)F)c(CCCn2cccn2)c1. The number of aromatic hydroxyl groups is 1. The van der Waals surface area contributed by atoms with Gasteiger partial charge in [-0.3, -0.25) is 4.68 Å². The molecule has 29 heavy (non-hydrogen) atoms. The second-order valence-corrected chi connectivity index (χ2v) is 6.33. The van der Waals surface area contributed by atoms with Crippen LogP contribution in [0.3, 0.4) is 0 Å². The van der Waals surface area contributed by atoms with Gasteiger partial charge in [0.1, 0.15) is 5.75 Å². The van der Waals surface area contributed by atoms with Crippen LogP contribution in [0.1, 0.15) is 34.2 Å². The van der Waals surface area contributed by atoms with E-state index >= 15 is 0 Å². The Bertz CT molecular complexity index is 1100. The number of hydrogen-bond donors (Lipinski definition) is 1. The van der Waals surface area contributed by atoms with Crippen molar-refractivity contribution in [3.05, 3.63) is 82.7 Å². The molecule has 0 aliphatic rings. The van der Waals surface area contributed by atoms with Crippen LogP contribution in [-0.4, -0.2) is 14.9 Å². The number of phenolic OH excluding ortho intramolecular Hbond substituents is 1. The van der Waals surface area contributed by atoms with Crippen molar-refractivity contribution in [2.75, 3.05) is 0 Å². The average molecular weight is 395 g/mol. The standard InChI is InChI=1S/C22H16F3N3O/c23-22(24,25)21-14-20(29)9-8-18(21)7-6-17-5-4-16(15-26)13-19(17)3-1-11-28-12-2-10-27-28/h2,4-5,8-10,12-14,29H,1,3,11H2. The summed E-state index contributed by atoms with van der Waals surface area (Å²) < 4.78 is 41.4. The first-order valence-electron chi connectivity index (χ1n) is 8.79. The fourth-order valence-electron chi connectivity index (χ4n) is 2.87. The van der Waals surface area contributed by atoms with Gasteiger partial charge >= 0.3 is 6.18 Å². The molecule has 3 aromatic rings. The van der Waals surface area contributed by atoms with Gasteiger partial charge in [-0.05, 0) is 60.9 Å². The van der Waals surface area contributed by atoms with E-state index in [1.54, 1.807) is 29.1 Å². The monoisotopic (exact) mass is 395 g/mol. The van der Waals surface area contributed by atoms with Gasteiger partial charge in [0.15, 0.2) is 0 Å². The van der Waals surface area contributed by atoms with Gasteiger partial charge in [0, 0.05) is 30.1 Å². The van der Waals surface area contributed by atoms with E-state index in [0.717, 1.165) is 18.1 Å².